The molecule has 2 aromatic carbocycles. The van der Waals surface area contributed by atoms with Crippen molar-refractivity contribution in [3.63, 3.8) is 0 Å². The molecule has 27 heavy (non-hydrogen) atoms. The molecule has 3 rings (SSSR count). The van der Waals surface area contributed by atoms with Crippen LogP contribution in [0.1, 0.15) is 36.4 Å². The van der Waals surface area contributed by atoms with Gasteiger partial charge in [-0.25, -0.2) is 0 Å². The molecule has 1 amide bonds. The van der Waals surface area contributed by atoms with Crippen molar-refractivity contribution in [1.29, 1.82) is 0 Å². The van der Waals surface area contributed by atoms with Crippen LogP contribution in [0.15, 0.2) is 65.1 Å². The topological polar surface area (TPSA) is 29.1 Å². The number of carbonyl (C=O) groups excluding carboxylic acids is 1. The molecule has 2 aromatic rings. The van der Waals surface area contributed by atoms with E-state index in [9.17, 15) is 18.0 Å². The van der Waals surface area contributed by atoms with Gasteiger partial charge in [0.2, 0.25) is 0 Å². The Morgan fingerprint density at radius 3 is 2.52 bits per heavy atom. The van der Waals surface area contributed by atoms with Gasteiger partial charge in [0, 0.05) is 10.4 Å². The average Bonchev–Trinajstić information content (AvgIpc) is 2.66. The number of rotatable bonds is 4. The van der Waals surface area contributed by atoms with Gasteiger partial charge >= 0.3 is 12.1 Å². The van der Waals surface area contributed by atoms with Gasteiger partial charge < -0.3 is 5.32 Å². The van der Waals surface area contributed by atoms with Crippen LogP contribution in [-0.2, 0) is 4.79 Å². The van der Waals surface area contributed by atoms with Crippen LogP contribution in [0, 0.1) is 5.92 Å². The fourth-order valence-electron chi connectivity index (χ4n) is 3.55. The molecule has 0 aromatic heterocycles. The Kier molecular flexibility index (Phi) is 6.05. The molecular formula is C21H19BrF3NO. The van der Waals surface area contributed by atoms with Crippen LogP contribution < -0.4 is 5.32 Å². The van der Waals surface area contributed by atoms with Gasteiger partial charge in [-0.2, -0.15) is 13.2 Å². The average molecular weight is 438 g/mol. The number of hydrogen-bond donors (Lipinski definition) is 1. The number of carbonyl (C=O) groups is 1. The van der Waals surface area contributed by atoms with Gasteiger partial charge in [-0.05, 0) is 48.1 Å². The van der Waals surface area contributed by atoms with Crippen molar-refractivity contribution in [3.8, 4) is 0 Å². The van der Waals surface area contributed by atoms with Crippen molar-refractivity contribution >= 4 is 27.4 Å². The molecule has 6 heteroatoms. The molecule has 2 atom stereocenters. The quantitative estimate of drug-likeness (QED) is 0.619. The maximum absolute atomic E-state index is 13.0. The molecule has 0 radical (unpaired) electrons. The van der Waals surface area contributed by atoms with Crippen molar-refractivity contribution in [2.24, 2.45) is 5.92 Å². The van der Waals surface area contributed by atoms with E-state index in [1.165, 1.54) is 0 Å². The maximum atomic E-state index is 13.0. The lowest BCUT2D eigenvalue weighted by Crippen LogP contribution is -2.42. The maximum Gasteiger partial charge on any atom is 0.471 e. The zero-order valence-corrected chi connectivity index (χ0v) is 16.1. The third-order valence-electron chi connectivity index (χ3n) is 4.74. The summed E-state index contributed by atoms with van der Waals surface area (Å²) in [5.41, 5.74) is 2.61. The predicted molar refractivity (Wildman–Crippen MR) is 103 cm³/mol. The molecular weight excluding hydrogens is 419 g/mol. The second kappa shape index (κ2) is 8.30. The number of benzene rings is 2. The lowest BCUT2D eigenvalue weighted by atomic mass is 9.77. The molecule has 0 aliphatic heterocycles. The summed E-state index contributed by atoms with van der Waals surface area (Å²) in [7, 11) is 0. The Morgan fingerprint density at radius 1 is 1.11 bits per heavy atom. The first-order valence-electron chi connectivity index (χ1n) is 8.75. The largest absolute Gasteiger partial charge is 0.471 e. The Labute approximate surface area is 164 Å². The summed E-state index contributed by atoms with van der Waals surface area (Å²) >= 11 is 3.37. The van der Waals surface area contributed by atoms with Gasteiger partial charge in [-0.3, -0.25) is 4.79 Å². The van der Waals surface area contributed by atoms with Gasteiger partial charge in [-0.15, -0.1) is 0 Å². The summed E-state index contributed by atoms with van der Waals surface area (Å²) in [6.07, 6.45) is -0.396. The molecule has 0 saturated heterocycles. The molecule has 0 unspecified atom stereocenters. The SMILES string of the molecule is O=C(N[C@@H](c1cccc(Br)c1)[C@@H]1CCCC=C1c1ccccc1)C(F)(F)F. The van der Waals surface area contributed by atoms with Crippen LogP contribution in [0.4, 0.5) is 13.2 Å². The highest BCUT2D eigenvalue weighted by Crippen LogP contribution is 2.41. The molecule has 0 fully saturated rings. The van der Waals surface area contributed by atoms with Gasteiger partial charge in [-0.1, -0.05) is 64.5 Å². The van der Waals surface area contributed by atoms with Crippen LogP contribution >= 0.6 is 15.9 Å². The van der Waals surface area contributed by atoms with E-state index in [-0.39, 0.29) is 5.92 Å². The van der Waals surface area contributed by atoms with Crippen LogP contribution in [0.25, 0.3) is 5.57 Å². The van der Waals surface area contributed by atoms with Gasteiger partial charge in [0.05, 0.1) is 6.04 Å². The first-order valence-corrected chi connectivity index (χ1v) is 9.54. The number of amides is 1. The smallest absolute Gasteiger partial charge is 0.341 e. The molecule has 0 bridgehead atoms. The first kappa shape index (κ1) is 19.7. The molecule has 0 saturated carbocycles. The van der Waals surface area contributed by atoms with Crippen molar-refractivity contribution in [2.45, 2.75) is 31.5 Å². The van der Waals surface area contributed by atoms with Gasteiger partial charge in [0.25, 0.3) is 0 Å². The van der Waals surface area contributed by atoms with E-state index in [1.807, 2.05) is 30.3 Å². The summed E-state index contributed by atoms with van der Waals surface area (Å²) in [5, 5.41) is 2.24. The Hall–Kier alpha value is -2.08. The monoisotopic (exact) mass is 437 g/mol. The van der Waals surface area contributed by atoms with E-state index in [1.54, 1.807) is 24.3 Å². The van der Waals surface area contributed by atoms with E-state index in [4.69, 9.17) is 0 Å². The summed E-state index contributed by atoms with van der Waals surface area (Å²) < 4.78 is 39.6. The number of alkyl halides is 3. The van der Waals surface area contributed by atoms with Crippen molar-refractivity contribution in [1.82, 2.24) is 5.32 Å². The fraction of sp³-hybridized carbons (Fsp3) is 0.286. The molecule has 1 aliphatic rings. The lowest BCUT2D eigenvalue weighted by molar-refractivity contribution is -0.174. The molecule has 1 aliphatic carbocycles. The highest BCUT2D eigenvalue weighted by molar-refractivity contribution is 9.10. The van der Waals surface area contributed by atoms with Crippen molar-refractivity contribution < 1.29 is 18.0 Å². The van der Waals surface area contributed by atoms with Gasteiger partial charge in [0.15, 0.2) is 0 Å². The Morgan fingerprint density at radius 2 is 1.85 bits per heavy atom. The third-order valence-corrected chi connectivity index (χ3v) is 5.24. The van der Waals surface area contributed by atoms with E-state index >= 15 is 0 Å². The predicted octanol–water partition coefficient (Wildman–Crippen LogP) is 6.05. The highest BCUT2D eigenvalue weighted by atomic mass is 79.9. The zero-order chi connectivity index (χ0) is 19.4. The number of allylic oxidation sites excluding steroid dienone is 1. The molecule has 2 nitrogen and oxygen atoms in total. The lowest BCUT2D eigenvalue weighted by Gasteiger charge is -2.33. The minimum atomic E-state index is -4.92. The summed E-state index contributed by atoms with van der Waals surface area (Å²) in [4.78, 5) is 11.8. The second-order valence-electron chi connectivity index (χ2n) is 6.57. The van der Waals surface area contributed by atoms with E-state index in [0.717, 1.165) is 28.5 Å². The second-order valence-corrected chi connectivity index (χ2v) is 7.48. The number of nitrogens with one attached hydrogen (secondary N) is 1. The van der Waals surface area contributed by atoms with Crippen LogP contribution in [-0.4, -0.2) is 12.1 Å². The van der Waals surface area contributed by atoms with Crippen molar-refractivity contribution in [3.05, 3.63) is 76.3 Å². The molecule has 0 spiro atoms. The van der Waals surface area contributed by atoms with Gasteiger partial charge in [0.1, 0.15) is 0 Å². The van der Waals surface area contributed by atoms with E-state index < -0.39 is 18.1 Å². The third kappa shape index (κ3) is 4.80. The van der Waals surface area contributed by atoms with Crippen LogP contribution in [0.3, 0.4) is 0 Å². The zero-order valence-electron chi connectivity index (χ0n) is 14.5. The molecule has 1 N–H and O–H groups in total. The number of hydrogen-bond acceptors (Lipinski definition) is 1. The summed E-state index contributed by atoms with van der Waals surface area (Å²) in [6.45, 7) is 0. The Balaban J connectivity index is 2.01. The first-order chi connectivity index (χ1) is 12.9. The van der Waals surface area contributed by atoms with Crippen molar-refractivity contribution in [2.75, 3.05) is 0 Å². The minimum absolute atomic E-state index is 0.234. The van der Waals surface area contributed by atoms with E-state index in [0.29, 0.717) is 12.0 Å². The highest BCUT2D eigenvalue weighted by Gasteiger charge is 2.42. The standard InChI is InChI=1S/C21H19BrF3NO/c22-16-10-6-9-15(13-16)19(26-20(27)21(23,24)25)18-12-5-4-11-17(18)14-7-2-1-3-8-14/h1-3,6-11,13,18-19H,4-5,12H2,(H,26,27)/t18-,19+/m1/s1. The normalized spacial score (nSPS) is 18.5. The molecule has 142 valence electrons. The van der Waals surface area contributed by atoms with Crippen LogP contribution in [0.2, 0.25) is 0 Å². The Bertz CT molecular complexity index is 833. The number of halogens is 4. The van der Waals surface area contributed by atoms with E-state index in [2.05, 4.69) is 27.3 Å². The fourth-order valence-corrected chi connectivity index (χ4v) is 3.97. The molecule has 0 heterocycles. The summed E-state index contributed by atoms with van der Waals surface area (Å²) in [5.74, 6) is -2.15. The van der Waals surface area contributed by atoms with Crippen LogP contribution in [0.5, 0.6) is 0 Å². The minimum Gasteiger partial charge on any atom is -0.341 e. The summed E-state index contributed by atoms with van der Waals surface area (Å²) in [6, 6.07) is 15.9.